The quantitative estimate of drug-likeness (QED) is 0.679. The molecule has 3 aromatic rings. The number of H-pyrrole nitrogens is 1. The number of piperidine rings is 1. The molecule has 1 aromatic heterocycles. The van der Waals surface area contributed by atoms with Gasteiger partial charge in [-0.15, -0.1) is 0 Å². The first kappa shape index (κ1) is 18.7. The van der Waals surface area contributed by atoms with Gasteiger partial charge in [-0.3, -0.25) is 4.79 Å². The van der Waals surface area contributed by atoms with E-state index in [1.165, 1.54) is 5.39 Å². The normalized spacial score (nSPS) is 17.7. The maximum absolute atomic E-state index is 12.8. The maximum atomic E-state index is 12.8. The van der Waals surface area contributed by atoms with Crippen molar-refractivity contribution >= 4 is 22.5 Å². The molecule has 5 heteroatoms. The molecule has 1 amide bonds. The first-order valence-electron chi connectivity index (χ1n) is 9.93. The summed E-state index contributed by atoms with van der Waals surface area (Å²) in [5.74, 6) is 0.137. The van der Waals surface area contributed by atoms with Gasteiger partial charge in [-0.1, -0.05) is 30.3 Å². The first-order valence-corrected chi connectivity index (χ1v) is 9.93. The van der Waals surface area contributed by atoms with Crippen LogP contribution in [0.2, 0.25) is 0 Å². The van der Waals surface area contributed by atoms with Crippen LogP contribution in [0.5, 0.6) is 0 Å². The molecule has 1 aliphatic heterocycles. The Kier molecular flexibility index (Phi) is 5.74. The number of carbonyl (C=O) groups excluding carboxylic acids is 1. The Bertz CT molecular complexity index is 917. The van der Waals surface area contributed by atoms with Crippen molar-refractivity contribution in [2.24, 2.45) is 5.92 Å². The fraction of sp³-hybridized carbons (Fsp3) is 0.348. The van der Waals surface area contributed by atoms with Crippen LogP contribution < -0.4 is 5.32 Å². The zero-order valence-electron chi connectivity index (χ0n) is 16.3. The van der Waals surface area contributed by atoms with Gasteiger partial charge in [-0.05, 0) is 43.7 Å². The fourth-order valence-electron chi connectivity index (χ4n) is 3.93. The van der Waals surface area contributed by atoms with Gasteiger partial charge in [0.2, 0.25) is 5.91 Å². The Morgan fingerprint density at radius 2 is 2.11 bits per heavy atom. The molecule has 0 spiro atoms. The highest BCUT2D eigenvalue weighted by molar-refractivity contribution is 5.94. The number of para-hydroxylation sites is 1. The number of fused-ring (bicyclic) bond motifs is 1. The second kappa shape index (κ2) is 8.59. The van der Waals surface area contributed by atoms with Gasteiger partial charge in [-0.2, -0.15) is 0 Å². The lowest BCUT2D eigenvalue weighted by Gasteiger charge is -2.31. The van der Waals surface area contributed by atoms with Gasteiger partial charge in [-0.25, -0.2) is 0 Å². The summed E-state index contributed by atoms with van der Waals surface area (Å²) in [6.45, 7) is 3.44. The van der Waals surface area contributed by atoms with Crippen molar-refractivity contribution in [2.75, 3.05) is 38.7 Å². The highest BCUT2D eigenvalue weighted by atomic mass is 16.5. The minimum atomic E-state index is 0.0299. The van der Waals surface area contributed by atoms with E-state index in [1.807, 2.05) is 30.3 Å². The van der Waals surface area contributed by atoms with E-state index in [-0.39, 0.29) is 11.8 Å². The van der Waals surface area contributed by atoms with E-state index in [4.69, 9.17) is 4.74 Å². The average Bonchev–Trinajstić information content (AvgIpc) is 3.17. The van der Waals surface area contributed by atoms with Crippen LogP contribution in [0.15, 0.2) is 54.6 Å². The Balaban J connectivity index is 1.45. The third-order valence-electron chi connectivity index (χ3n) is 5.46. The van der Waals surface area contributed by atoms with Gasteiger partial charge in [0.1, 0.15) is 0 Å². The van der Waals surface area contributed by atoms with Gasteiger partial charge in [0.15, 0.2) is 0 Å². The molecule has 2 aromatic carbocycles. The van der Waals surface area contributed by atoms with Crippen LogP contribution in [0.3, 0.4) is 0 Å². The van der Waals surface area contributed by atoms with E-state index in [0.29, 0.717) is 6.61 Å². The number of hydrogen-bond acceptors (Lipinski definition) is 3. The van der Waals surface area contributed by atoms with E-state index in [0.717, 1.165) is 54.9 Å². The molecule has 4 rings (SSSR count). The van der Waals surface area contributed by atoms with Crippen molar-refractivity contribution < 1.29 is 9.53 Å². The second-order valence-corrected chi connectivity index (χ2v) is 7.47. The van der Waals surface area contributed by atoms with Crippen LogP contribution in [-0.2, 0) is 9.53 Å². The smallest absolute Gasteiger partial charge is 0.228 e. The molecule has 0 aliphatic carbocycles. The zero-order chi connectivity index (χ0) is 19.3. The number of likely N-dealkylation sites (tertiary alicyclic amines) is 1. The third kappa shape index (κ3) is 4.26. The lowest BCUT2D eigenvalue weighted by Crippen LogP contribution is -2.41. The molecule has 2 heterocycles. The number of rotatable bonds is 6. The second-order valence-electron chi connectivity index (χ2n) is 7.47. The van der Waals surface area contributed by atoms with E-state index in [1.54, 1.807) is 7.11 Å². The SMILES string of the molecule is COCCN1CCC[C@@H](C(=O)Nc2cccc(-c3cc4ccccc4[nH]3)c2)C1. The number of anilines is 1. The highest BCUT2D eigenvalue weighted by Crippen LogP contribution is 2.26. The summed E-state index contributed by atoms with van der Waals surface area (Å²) in [4.78, 5) is 18.6. The monoisotopic (exact) mass is 377 g/mol. The van der Waals surface area contributed by atoms with Crippen LogP contribution in [0.25, 0.3) is 22.2 Å². The standard InChI is InChI=1S/C23H27N3O2/c1-28-13-12-26-11-5-8-19(16-26)23(27)24-20-9-4-7-17(14-20)22-15-18-6-2-3-10-21(18)25-22/h2-4,6-7,9-10,14-15,19,25H,5,8,11-13,16H2,1H3,(H,24,27)/t19-/m1/s1. The molecule has 146 valence electrons. The molecule has 1 fully saturated rings. The van der Waals surface area contributed by atoms with E-state index in [9.17, 15) is 4.79 Å². The Morgan fingerprint density at radius 3 is 2.96 bits per heavy atom. The van der Waals surface area contributed by atoms with Gasteiger partial charge in [0.05, 0.1) is 12.5 Å². The molecule has 2 N–H and O–H groups in total. The summed E-state index contributed by atoms with van der Waals surface area (Å²) in [6, 6.07) is 18.4. The molecule has 5 nitrogen and oxygen atoms in total. The van der Waals surface area contributed by atoms with Crippen molar-refractivity contribution in [3.05, 3.63) is 54.6 Å². The van der Waals surface area contributed by atoms with Crippen LogP contribution in [0, 0.1) is 5.92 Å². The van der Waals surface area contributed by atoms with E-state index < -0.39 is 0 Å². The Morgan fingerprint density at radius 1 is 1.21 bits per heavy atom. The molecule has 1 atom stereocenters. The van der Waals surface area contributed by atoms with Crippen molar-refractivity contribution in [3.63, 3.8) is 0 Å². The summed E-state index contributed by atoms with van der Waals surface area (Å²) in [5.41, 5.74) is 4.08. The molecule has 0 unspecified atom stereocenters. The summed E-state index contributed by atoms with van der Waals surface area (Å²) < 4.78 is 5.17. The Labute approximate surface area is 165 Å². The summed E-state index contributed by atoms with van der Waals surface area (Å²) in [6.07, 6.45) is 1.99. The number of amides is 1. The number of nitrogens with zero attached hydrogens (tertiary/aromatic N) is 1. The molecule has 0 radical (unpaired) electrons. The van der Waals surface area contributed by atoms with Gasteiger partial charge >= 0.3 is 0 Å². The molecule has 28 heavy (non-hydrogen) atoms. The lowest BCUT2D eigenvalue weighted by molar-refractivity contribution is -0.121. The molecule has 1 aliphatic rings. The van der Waals surface area contributed by atoms with Gasteiger partial charge < -0.3 is 19.9 Å². The number of hydrogen-bond donors (Lipinski definition) is 2. The van der Waals surface area contributed by atoms with E-state index in [2.05, 4.69) is 39.5 Å². The fourth-order valence-corrected chi connectivity index (χ4v) is 3.93. The number of nitrogens with one attached hydrogen (secondary N) is 2. The summed E-state index contributed by atoms with van der Waals surface area (Å²) in [7, 11) is 1.72. The number of carbonyl (C=O) groups is 1. The lowest BCUT2D eigenvalue weighted by atomic mass is 9.97. The van der Waals surface area contributed by atoms with Gasteiger partial charge in [0.25, 0.3) is 0 Å². The molecule has 1 saturated heterocycles. The van der Waals surface area contributed by atoms with Crippen molar-refractivity contribution in [1.29, 1.82) is 0 Å². The topological polar surface area (TPSA) is 57.4 Å². The minimum absolute atomic E-state index is 0.0299. The Hall–Kier alpha value is -2.63. The third-order valence-corrected chi connectivity index (χ3v) is 5.46. The number of benzene rings is 2. The molecule has 0 saturated carbocycles. The predicted octanol–water partition coefficient (Wildman–Crippen LogP) is 4.13. The highest BCUT2D eigenvalue weighted by Gasteiger charge is 2.25. The zero-order valence-corrected chi connectivity index (χ0v) is 16.3. The number of methoxy groups -OCH3 is 1. The predicted molar refractivity (Wildman–Crippen MR) is 113 cm³/mol. The molecular formula is C23H27N3O2. The first-order chi connectivity index (χ1) is 13.7. The van der Waals surface area contributed by atoms with Crippen molar-refractivity contribution in [2.45, 2.75) is 12.8 Å². The summed E-state index contributed by atoms with van der Waals surface area (Å²) in [5, 5.41) is 4.31. The van der Waals surface area contributed by atoms with Crippen LogP contribution in [0.4, 0.5) is 5.69 Å². The number of ether oxygens (including phenoxy) is 1. The number of aromatic amines is 1. The molecule has 0 bridgehead atoms. The van der Waals surface area contributed by atoms with E-state index >= 15 is 0 Å². The average molecular weight is 377 g/mol. The summed E-state index contributed by atoms with van der Waals surface area (Å²) >= 11 is 0. The maximum Gasteiger partial charge on any atom is 0.228 e. The van der Waals surface area contributed by atoms with Crippen LogP contribution in [-0.4, -0.2) is 49.1 Å². The van der Waals surface area contributed by atoms with Crippen LogP contribution >= 0.6 is 0 Å². The minimum Gasteiger partial charge on any atom is -0.383 e. The largest absolute Gasteiger partial charge is 0.383 e. The van der Waals surface area contributed by atoms with Gasteiger partial charge in [0, 0.05) is 48.0 Å². The van der Waals surface area contributed by atoms with Crippen molar-refractivity contribution in [1.82, 2.24) is 9.88 Å². The van der Waals surface area contributed by atoms with Crippen molar-refractivity contribution in [3.8, 4) is 11.3 Å². The number of aromatic nitrogens is 1. The van der Waals surface area contributed by atoms with Crippen LogP contribution in [0.1, 0.15) is 12.8 Å². The molecular weight excluding hydrogens is 350 g/mol.